The van der Waals surface area contributed by atoms with Gasteiger partial charge in [-0.15, -0.1) is 0 Å². The molecule has 0 aliphatic heterocycles. The minimum atomic E-state index is -0.350. The van der Waals surface area contributed by atoms with Crippen LogP contribution in [0.3, 0.4) is 0 Å². The van der Waals surface area contributed by atoms with Crippen LogP contribution in [0.1, 0.15) is 15.9 Å². The third-order valence-electron chi connectivity index (χ3n) is 2.50. The Morgan fingerprint density at radius 2 is 1.71 bits per heavy atom. The number of para-hydroxylation sites is 1. The van der Waals surface area contributed by atoms with Gasteiger partial charge in [0.05, 0.1) is 0 Å². The molecule has 0 unspecified atom stereocenters. The molecule has 1 amide bonds. The Balaban J connectivity index is 2.17. The molecule has 0 radical (unpaired) electrons. The predicted octanol–water partition coefficient (Wildman–Crippen LogP) is 3.39. The van der Waals surface area contributed by atoms with Crippen LogP contribution in [0.5, 0.6) is 0 Å². The first-order valence-electron chi connectivity index (χ1n) is 5.29. The number of carbonyl (C=O) groups is 1. The number of carbonyl (C=O) groups excluding carboxylic acids is 1. The second-order valence-electron chi connectivity index (χ2n) is 3.78. The predicted molar refractivity (Wildman–Crippen MR) is 65.5 cm³/mol. The molecule has 0 fully saturated rings. The van der Waals surface area contributed by atoms with Crippen molar-refractivity contribution in [3.63, 3.8) is 0 Å². The van der Waals surface area contributed by atoms with E-state index in [4.69, 9.17) is 0 Å². The first-order chi connectivity index (χ1) is 8.16. The second-order valence-corrected chi connectivity index (χ2v) is 3.78. The van der Waals surface area contributed by atoms with E-state index in [9.17, 15) is 9.18 Å². The summed E-state index contributed by atoms with van der Waals surface area (Å²) in [5, 5.41) is 2.78. The maximum Gasteiger partial charge on any atom is 0.255 e. The van der Waals surface area contributed by atoms with Crippen molar-refractivity contribution < 1.29 is 9.18 Å². The van der Waals surface area contributed by atoms with Gasteiger partial charge in [0.2, 0.25) is 0 Å². The van der Waals surface area contributed by atoms with Crippen LogP contribution in [0.15, 0.2) is 48.5 Å². The van der Waals surface area contributed by atoms with Gasteiger partial charge in [-0.05, 0) is 42.8 Å². The average molecular weight is 229 g/mol. The van der Waals surface area contributed by atoms with Crippen molar-refractivity contribution in [2.45, 2.75) is 6.92 Å². The summed E-state index contributed by atoms with van der Waals surface area (Å²) in [5.74, 6) is -0.586. The van der Waals surface area contributed by atoms with Gasteiger partial charge in [0.15, 0.2) is 0 Å². The van der Waals surface area contributed by atoms with E-state index in [1.54, 1.807) is 0 Å². The maximum absolute atomic E-state index is 12.7. The molecule has 0 saturated heterocycles. The number of benzene rings is 2. The molecular weight excluding hydrogens is 217 g/mol. The zero-order valence-corrected chi connectivity index (χ0v) is 9.41. The summed E-state index contributed by atoms with van der Waals surface area (Å²) >= 11 is 0. The van der Waals surface area contributed by atoms with Crippen LogP contribution in [0, 0.1) is 12.7 Å². The smallest absolute Gasteiger partial charge is 0.255 e. The normalized spacial score (nSPS) is 10.0. The Morgan fingerprint density at radius 1 is 1.06 bits per heavy atom. The number of hydrogen-bond acceptors (Lipinski definition) is 1. The standard InChI is InChI=1S/C14H12FNO/c1-10-4-2-3-5-13(10)16-14(17)11-6-8-12(15)9-7-11/h2-9H,1H3,(H,16,17). The Bertz CT molecular complexity index is 534. The Labute approximate surface area is 99.1 Å². The first-order valence-corrected chi connectivity index (χ1v) is 5.29. The van der Waals surface area contributed by atoms with E-state index < -0.39 is 0 Å². The van der Waals surface area contributed by atoms with E-state index in [1.165, 1.54) is 24.3 Å². The molecular formula is C14H12FNO. The molecule has 0 atom stereocenters. The molecule has 0 spiro atoms. The quantitative estimate of drug-likeness (QED) is 0.840. The van der Waals surface area contributed by atoms with Crippen LogP contribution in [-0.4, -0.2) is 5.91 Å². The Morgan fingerprint density at radius 3 is 2.35 bits per heavy atom. The number of rotatable bonds is 2. The second kappa shape index (κ2) is 4.78. The SMILES string of the molecule is Cc1ccccc1NC(=O)c1ccc(F)cc1. The highest BCUT2D eigenvalue weighted by Crippen LogP contribution is 2.14. The van der Waals surface area contributed by atoms with Gasteiger partial charge in [0, 0.05) is 11.3 Å². The summed E-state index contributed by atoms with van der Waals surface area (Å²) in [7, 11) is 0. The molecule has 0 heterocycles. The molecule has 2 aromatic rings. The number of aryl methyl sites for hydroxylation is 1. The molecule has 0 aromatic heterocycles. The van der Waals surface area contributed by atoms with Gasteiger partial charge < -0.3 is 5.32 Å². The maximum atomic E-state index is 12.7. The Hall–Kier alpha value is -2.16. The van der Waals surface area contributed by atoms with Gasteiger partial charge >= 0.3 is 0 Å². The molecule has 0 bridgehead atoms. The highest BCUT2D eigenvalue weighted by atomic mass is 19.1. The fraction of sp³-hybridized carbons (Fsp3) is 0.0714. The lowest BCUT2D eigenvalue weighted by atomic mass is 10.1. The van der Waals surface area contributed by atoms with Gasteiger partial charge in [-0.2, -0.15) is 0 Å². The van der Waals surface area contributed by atoms with Crippen molar-refractivity contribution in [3.05, 3.63) is 65.5 Å². The molecule has 1 N–H and O–H groups in total. The monoisotopic (exact) mass is 229 g/mol. The van der Waals surface area contributed by atoms with Crippen LogP contribution in [0.4, 0.5) is 10.1 Å². The van der Waals surface area contributed by atoms with Crippen molar-refractivity contribution >= 4 is 11.6 Å². The fourth-order valence-electron chi connectivity index (χ4n) is 1.51. The third kappa shape index (κ3) is 2.69. The molecule has 2 aromatic carbocycles. The van der Waals surface area contributed by atoms with Crippen molar-refractivity contribution in [2.24, 2.45) is 0 Å². The molecule has 86 valence electrons. The van der Waals surface area contributed by atoms with E-state index in [1.807, 2.05) is 31.2 Å². The van der Waals surface area contributed by atoms with Gasteiger partial charge in [-0.3, -0.25) is 4.79 Å². The lowest BCUT2D eigenvalue weighted by Gasteiger charge is -2.07. The summed E-state index contributed by atoms with van der Waals surface area (Å²) in [5.41, 5.74) is 2.19. The number of amides is 1. The average Bonchev–Trinajstić information content (AvgIpc) is 2.33. The van der Waals surface area contributed by atoms with Crippen LogP contribution < -0.4 is 5.32 Å². The summed E-state index contributed by atoms with van der Waals surface area (Å²) in [4.78, 5) is 11.8. The fourth-order valence-corrected chi connectivity index (χ4v) is 1.51. The van der Waals surface area contributed by atoms with E-state index in [0.29, 0.717) is 5.56 Å². The van der Waals surface area contributed by atoms with E-state index >= 15 is 0 Å². The van der Waals surface area contributed by atoms with Crippen molar-refractivity contribution in [2.75, 3.05) is 5.32 Å². The lowest BCUT2D eigenvalue weighted by Crippen LogP contribution is -2.12. The number of halogens is 1. The first kappa shape index (κ1) is 11.3. The molecule has 2 rings (SSSR count). The largest absolute Gasteiger partial charge is 0.322 e. The van der Waals surface area contributed by atoms with E-state index in [2.05, 4.69) is 5.32 Å². The zero-order valence-electron chi connectivity index (χ0n) is 9.41. The van der Waals surface area contributed by atoms with Gasteiger partial charge in [0.1, 0.15) is 5.82 Å². The van der Waals surface area contributed by atoms with Crippen molar-refractivity contribution in [1.29, 1.82) is 0 Å². The summed E-state index contributed by atoms with van der Waals surface area (Å²) in [6.45, 7) is 1.92. The zero-order chi connectivity index (χ0) is 12.3. The number of nitrogens with one attached hydrogen (secondary N) is 1. The topological polar surface area (TPSA) is 29.1 Å². The van der Waals surface area contributed by atoms with Gasteiger partial charge in [-0.1, -0.05) is 18.2 Å². The van der Waals surface area contributed by atoms with Crippen LogP contribution >= 0.6 is 0 Å². The van der Waals surface area contributed by atoms with Gasteiger partial charge in [0.25, 0.3) is 5.91 Å². The van der Waals surface area contributed by atoms with Crippen LogP contribution in [-0.2, 0) is 0 Å². The number of anilines is 1. The van der Waals surface area contributed by atoms with Crippen LogP contribution in [0.25, 0.3) is 0 Å². The molecule has 0 aliphatic rings. The molecule has 0 saturated carbocycles. The van der Waals surface area contributed by atoms with Crippen molar-refractivity contribution in [3.8, 4) is 0 Å². The molecule has 2 nitrogen and oxygen atoms in total. The lowest BCUT2D eigenvalue weighted by molar-refractivity contribution is 0.102. The number of hydrogen-bond donors (Lipinski definition) is 1. The summed E-state index contributed by atoms with van der Waals surface area (Å²) < 4.78 is 12.7. The van der Waals surface area contributed by atoms with Gasteiger partial charge in [-0.25, -0.2) is 4.39 Å². The third-order valence-corrected chi connectivity index (χ3v) is 2.50. The highest BCUT2D eigenvalue weighted by molar-refractivity contribution is 6.04. The highest BCUT2D eigenvalue weighted by Gasteiger charge is 2.06. The van der Waals surface area contributed by atoms with Crippen molar-refractivity contribution in [1.82, 2.24) is 0 Å². The Kier molecular flexibility index (Phi) is 3.19. The molecule has 17 heavy (non-hydrogen) atoms. The molecule has 0 aliphatic carbocycles. The van der Waals surface area contributed by atoms with E-state index in [0.717, 1.165) is 11.3 Å². The molecule has 3 heteroatoms. The van der Waals surface area contributed by atoms with Crippen LogP contribution in [0.2, 0.25) is 0 Å². The summed E-state index contributed by atoms with van der Waals surface area (Å²) in [6, 6.07) is 13.0. The van der Waals surface area contributed by atoms with E-state index in [-0.39, 0.29) is 11.7 Å². The summed E-state index contributed by atoms with van der Waals surface area (Å²) in [6.07, 6.45) is 0. The minimum absolute atomic E-state index is 0.237. The minimum Gasteiger partial charge on any atom is -0.322 e.